The Balaban J connectivity index is 1.71. The molecule has 0 amide bonds. The first-order valence-electron chi connectivity index (χ1n) is 7.40. The highest BCUT2D eigenvalue weighted by Gasteiger charge is 2.27. The maximum absolute atomic E-state index is 6.49. The van der Waals surface area contributed by atoms with Crippen LogP contribution in [-0.4, -0.2) is 43.8 Å². The molecule has 0 aromatic carbocycles. The summed E-state index contributed by atoms with van der Waals surface area (Å²) in [6.45, 7) is 4.21. The zero-order valence-electron chi connectivity index (χ0n) is 11.8. The van der Waals surface area contributed by atoms with Crippen molar-refractivity contribution in [3.8, 4) is 0 Å². The Morgan fingerprint density at radius 3 is 2.72 bits per heavy atom. The van der Waals surface area contributed by atoms with E-state index in [1.165, 1.54) is 50.6 Å². The summed E-state index contributed by atoms with van der Waals surface area (Å²) < 4.78 is 5.18. The van der Waals surface area contributed by atoms with E-state index in [-0.39, 0.29) is 5.54 Å². The molecule has 18 heavy (non-hydrogen) atoms. The smallest absolute Gasteiger partial charge is 0.0673 e. The van der Waals surface area contributed by atoms with Gasteiger partial charge in [0.15, 0.2) is 0 Å². The van der Waals surface area contributed by atoms with Gasteiger partial charge in [0.2, 0.25) is 0 Å². The van der Waals surface area contributed by atoms with Crippen LogP contribution in [0.3, 0.4) is 0 Å². The van der Waals surface area contributed by atoms with Crippen molar-refractivity contribution in [1.29, 1.82) is 0 Å². The molecule has 2 N–H and O–H groups in total. The van der Waals surface area contributed by atoms with Gasteiger partial charge >= 0.3 is 0 Å². The highest BCUT2D eigenvalue weighted by atomic mass is 16.5. The highest BCUT2D eigenvalue weighted by Crippen LogP contribution is 2.29. The number of hydrogen-bond acceptors (Lipinski definition) is 3. The molecular weight excluding hydrogens is 224 g/mol. The summed E-state index contributed by atoms with van der Waals surface area (Å²) in [6.07, 6.45) is 11.1. The SMILES string of the molecule is COCC1=CCN(CCC2(N)CCCCC2)CC1. The fraction of sp³-hybridized carbons (Fsp3) is 0.867. The van der Waals surface area contributed by atoms with Crippen molar-refractivity contribution >= 4 is 0 Å². The zero-order valence-corrected chi connectivity index (χ0v) is 11.8. The standard InChI is InChI=1S/C15H28N2O/c1-18-13-14-5-10-17(11-6-14)12-9-15(16)7-3-2-4-8-15/h5H,2-4,6-13,16H2,1H3. The van der Waals surface area contributed by atoms with Gasteiger partial charge in [-0.3, -0.25) is 4.90 Å². The van der Waals surface area contributed by atoms with E-state index >= 15 is 0 Å². The first-order valence-corrected chi connectivity index (χ1v) is 7.40. The van der Waals surface area contributed by atoms with Crippen molar-refractivity contribution in [1.82, 2.24) is 4.90 Å². The lowest BCUT2D eigenvalue weighted by Gasteiger charge is -2.36. The van der Waals surface area contributed by atoms with Crippen LogP contribution in [0.15, 0.2) is 11.6 Å². The van der Waals surface area contributed by atoms with Gasteiger partial charge in [-0.15, -0.1) is 0 Å². The predicted octanol–water partition coefficient (Wildman–Crippen LogP) is 2.32. The van der Waals surface area contributed by atoms with Crippen LogP contribution in [0.5, 0.6) is 0 Å². The van der Waals surface area contributed by atoms with E-state index in [2.05, 4.69) is 11.0 Å². The molecule has 0 radical (unpaired) electrons. The number of ether oxygens (including phenoxy) is 1. The molecule has 0 aromatic heterocycles. The second-order valence-electron chi connectivity index (χ2n) is 6.02. The minimum atomic E-state index is 0.134. The molecule has 1 aliphatic carbocycles. The Morgan fingerprint density at radius 1 is 1.33 bits per heavy atom. The molecule has 1 heterocycles. The van der Waals surface area contributed by atoms with Crippen LogP contribution in [0.25, 0.3) is 0 Å². The molecule has 104 valence electrons. The average molecular weight is 252 g/mol. The summed E-state index contributed by atoms with van der Waals surface area (Å²) in [5.41, 5.74) is 8.08. The van der Waals surface area contributed by atoms with E-state index in [1.807, 2.05) is 0 Å². The van der Waals surface area contributed by atoms with Crippen molar-refractivity contribution in [2.75, 3.05) is 33.4 Å². The third-order valence-corrected chi connectivity index (χ3v) is 4.49. The molecule has 0 unspecified atom stereocenters. The second-order valence-corrected chi connectivity index (χ2v) is 6.02. The molecule has 3 nitrogen and oxygen atoms in total. The Hall–Kier alpha value is -0.380. The first-order chi connectivity index (χ1) is 8.72. The summed E-state index contributed by atoms with van der Waals surface area (Å²) in [4.78, 5) is 2.53. The highest BCUT2D eigenvalue weighted by molar-refractivity contribution is 5.07. The lowest BCUT2D eigenvalue weighted by Crippen LogP contribution is -2.45. The maximum Gasteiger partial charge on any atom is 0.0673 e. The van der Waals surface area contributed by atoms with Crippen molar-refractivity contribution in [2.45, 2.75) is 50.5 Å². The van der Waals surface area contributed by atoms with Crippen molar-refractivity contribution in [2.24, 2.45) is 5.73 Å². The van der Waals surface area contributed by atoms with Gasteiger partial charge < -0.3 is 10.5 Å². The second kappa shape index (κ2) is 6.69. The fourth-order valence-electron chi connectivity index (χ4n) is 3.16. The van der Waals surface area contributed by atoms with Gasteiger partial charge in [0.25, 0.3) is 0 Å². The molecule has 1 fully saturated rings. The van der Waals surface area contributed by atoms with E-state index < -0.39 is 0 Å². The molecule has 2 aliphatic rings. The third kappa shape index (κ3) is 4.08. The normalized spacial score (nSPS) is 24.9. The van der Waals surface area contributed by atoms with Crippen molar-refractivity contribution < 1.29 is 4.74 Å². The molecule has 0 saturated heterocycles. The lowest BCUT2D eigenvalue weighted by atomic mass is 9.80. The molecule has 0 atom stereocenters. The van der Waals surface area contributed by atoms with Gasteiger partial charge in [-0.1, -0.05) is 25.3 Å². The lowest BCUT2D eigenvalue weighted by molar-refractivity contribution is 0.197. The molecule has 0 bridgehead atoms. The number of methoxy groups -OCH3 is 1. The largest absolute Gasteiger partial charge is 0.380 e. The molecule has 0 aromatic rings. The summed E-state index contributed by atoms with van der Waals surface area (Å²) in [6, 6.07) is 0. The van der Waals surface area contributed by atoms with E-state index in [0.29, 0.717) is 0 Å². The van der Waals surface area contributed by atoms with Crippen molar-refractivity contribution in [3.05, 3.63) is 11.6 Å². The van der Waals surface area contributed by atoms with E-state index in [0.717, 1.165) is 26.1 Å². The molecule has 2 rings (SSSR count). The van der Waals surface area contributed by atoms with Crippen LogP contribution < -0.4 is 5.73 Å². The Kier molecular flexibility index (Phi) is 5.22. The number of nitrogens with two attached hydrogens (primary N) is 1. The minimum absolute atomic E-state index is 0.134. The van der Waals surface area contributed by atoms with E-state index in [1.54, 1.807) is 7.11 Å². The summed E-state index contributed by atoms with van der Waals surface area (Å²) >= 11 is 0. The Labute approximate surface area is 111 Å². The topological polar surface area (TPSA) is 38.5 Å². The summed E-state index contributed by atoms with van der Waals surface area (Å²) in [5.74, 6) is 0. The summed E-state index contributed by atoms with van der Waals surface area (Å²) in [5, 5.41) is 0. The van der Waals surface area contributed by atoms with Crippen LogP contribution >= 0.6 is 0 Å². The summed E-state index contributed by atoms with van der Waals surface area (Å²) in [7, 11) is 1.77. The van der Waals surface area contributed by atoms with Crippen LogP contribution in [0, 0.1) is 0 Å². The quantitative estimate of drug-likeness (QED) is 0.763. The molecule has 1 saturated carbocycles. The van der Waals surface area contributed by atoms with Crippen LogP contribution in [-0.2, 0) is 4.74 Å². The maximum atomic E-state index is 6.49. The fourth-order valence-corrected chi connectivity index (χ4v) is 3.16. The number of hydrogen-bond donors (Lipinski definition) is 1. The Bertz CT molecular complexity index is 282. The first kappa shape index (κ1) is 14.0. The van der Waals surface area contributed by atoms with E-state index in [9.17, 15) is 0 Å². The van der Waals surface area contributed by atoms with Gasteiger partial charge in [0.1, 0.15) is 0 Å². The van der Waals surface area contributed by atoms with Crippen LogP contribution in [0.1, 0.15) is 44.9 Å². The van der Waals surface area contributed by atoms with Gasteiger partial charge in [-0.25, -0.2) is 0 Å². The van der Waals surface area contributed by atoms with Crippen LogP contribution in [0.2, 0.25) is 0 Å². The predicted molar refractivity (Wildman–Crippen MR) is 75.6 cm³/mol. The number of rotatable bonds is 5. The van der Waals surface area contributed by atoms with Gasteiger partial charge in [0, 0.05) is 32.3 Å². The molecule has 0 spiro atoms. The zero-order chi connectivity index (χ0) is 12.8. The average Bonchev–Trinajstić information content (AvgIpc) is 2.39. The molecular formula is C15H28N2O. The van der Waals surface area contributed by atoms with Crippen molar-refractivity contribution in [3.63, 3.8) is 0 Å². The van der Waals surface area contributed by atoms with Crippen LogP contribution in [0.4, 0.5) is 0 Å². The third-order valence-electron chi connectivity index (χ3n) is 4.49. The van der Waals surface area contributed by atoms with Gasteiger partial charge in [-0.2, -0.15) is 0 Å². The molecule has 3 heteroatoms. The van der Waals surface area contributed by atoms with Gasteiger partial charge in [0.05, 0.1) is 6.61 Å². The minimum Gasteiger partial charge on any atom is -0.380 e. The van der Waals surface area contributed by atoms with Gasteiger partial charge in [-0.05, 0) is 31.3 Å². The molecule has 1 aliphatic heterocycles. The monoisotopic (exact) mass is 252 g/mol. The number of nitrogens with zero attached hydrogens (tertiary/aromatic N) is 1. The Morgan fingerprint density at radius 2 is 2.11 bits per heavy atom. The van der Waals surface area contributed by atoms with E-state index in [4.69, 9.17) is 10.5 Å².